The Kier molecular flexibility index (Phi) is 5.99. The molecule has 2 N–H and O–H groups in total. The van der Waals surface area contributed by atoms with E-state index >= 15 is 0 Å². The Bertz CT molecular complexity index is 239. The summed E-state index contributed by atoms with van der Waals surface area (Å²) in [6.45, 7) is 3.49. The molecule has 0 fully saturated rings. The Morgan fingerprint density at radius 2 is 2.00 bits per heavy atom. The summed E-state index contributed by atoms with van der Waals surface area (Å²) in [7, 11) is 0. The van der Waals surface area contributed by atoms with Crippen LogP contribution in [0.1, 0.15) is 6.42 Å². The zero-order valence-electron chi connectivity index (χ0n) is 8.92. The van der Waals surface area contributed by atoms with Crippen molar-refractivity contribution < 1.29 is 10.2 Å². The van der Waals surface area contributed by atoms with Crippen molar-refractivity contribution in [1.29, 1.82) is 0 Å². The Morgan fingerprint density at radius 1 is 1.13 bits per heavy atom. The molecule has 1 rings (SSSR count). The maximum atomic E-state index is 8.87. The van der Waals surface area contributed by atoms with Gasteiger partial charge in [-0.1, -0.05) is 0 Å². The molecule has 0 aliphatic rings. The van der Waals surface area contributed by atoms with Gasteiger partial charge < -0.3 is 10.2 Å². The van der Waals surface area contributed by atoms with Gasteiger partial charge in [0.25, 0.3) is 0 Å². The molecule has 0 saturated heterocycles. The fraction of sp³-hybridized carbons (Fsp3) is 0.700. The quantitative estimate of drug-likeness (QED) is 0.614. The Hall–Kier alpha value is -0.910. The molecular weight excluding hydrogens is 194 g/mol. The van der Waals surface area contributed by atoms with Gasteiger partial charge in [0.1, 0.15) is 0 Å². The number of hydrogen-bond donors (Lipinski definition) is 2. The number of rotatable bonds is 8. The van der Waals surface area contributed by atoms with Crippen molar-refractivity contribution in [3.05, 3.63) is 18.5 Å². The lowest BCUT2D eigenvalue weighted by atomic mass is 10.4. The molecular formula is C10H19N3O2. The first-order valence-corrected chi connectivity index (χ1v) is 5.28. The van der Waals surface area contributed by atoms with Crippen LogP contribution >= 0.6 is 0 Å². The van der Waals surface area contributed by atoms with Gasteiger partial charge in [-0.25, -0.2) is 0 Å². The smallest absolute Gasteiger partial charge is 0.0558 e. The molecule has 5 nitrogen and oxygen atoms in total. The minimum Gasteiger partial charge on any atom is -0.396 e. The van der Waals surface area contributed by atoms with E-state index in [1.54, 1.807) is 6.20 Å². The van der Waals surface area contributed by atoms with Crippen molar-refractivity contribution in [3.63, 3.8) is 0 Å². The van der Waals surface area contributed by atoms with Crippen LogP contribution in [0.5, 0.6) is 0 Å². The molecule has 86 valence electrons. The van der Waals surface area contributed by atoms with E-state index in [0.29, 0.717) is 6.54 Å². The summed E-state index contributed by atoms with van der Waals surface area (Å²) in [5.41, 5.74) is 0. The van der Waals surface area contributed by atoms with Crippen LogP contribution < -0.4 is 0 Å². The fourth-order valence-electron chi connectivity index (χ4n) is 1.45. The third-order valence-corrected chi connectivity index (χ3v) is 2.25. The summed E-state index contributed by atoms with van der Waals surface area (Å²) < 4.78 is 1.86. The lowest BCUT2D eigenvalue weighted by Gasteiger charge is -2.20. The van der Waals surface area contributed by atoms with E-state index in [1.165, 1.54) is 0 Å². The van der Waals surface area contributed by atoms with Crippen molar-refractivity contribution in [1.82, 2.24) is 14.7 Å². The summed E-state index contributed by atoms with van der Waals surface area (Å²) in [5, 5.41) is 21.7. The molecule has 0 aliphatic carbocycles. The minimum absolute atomic E-state index is 0.157. The Labute approximate surface area is 89.9 Å². The standard InChI is InChI=1S/C10H19N3O2/c14-9-2-4-12(8-10-15)6-7-13-5-1-3-11-13/h1,3,5,14-15H,2,4,6-10H2. The monoisotopic (exact) mass is 213 g/mol. The molecule has 0 aliphatic heterocycles. The molecule has 15 heavy (non-hydrogen) atoms. The second-order valence-electron chi connectivity index (χ2n) is 3.41. The average Bonchev–Trinajstić information content (AvgIpc) is 2.75. The summed E-state index contributed by atoms with van der Waals surface area (Å²) in [6.07, 6.45) is 4.42. The molecule has 0 aromatic carbocycles. The zero-order chi connectivity index (χ0) is 10.9. The van der Waals surface area contributed by atoms with Gasteiger partial charge in [0, 0.05) is 38.6 Å². The number of aliphatic hydroxyl groups excluding tert-OH is 2. The van der Waals surface area contributed by atoms with Crippen molar-refractivity contribution in [2.45, 2.75) is 13.0 Å². The van der Waals surface area contributed by atoms with Crippen LogP contribution in [0, 0.1) is 0 Å². The van der Waals surface area contributed by atoms with Crippen molar-refractivity contribution in [3.8, 4) is 0 Å². The van der Waals surface area contributed by atoms with Crippen LogP contribution in [0.2, 0.25) is 0 Å². The number of nitrogens with zero attached hydrogens (tertiary/aromatic N) is 3. The highest BCUT2D eigenvalue weighted by Gasteiger charge is 2.03. The van der Waals surface area contributed by atoms with Crippen LogP contribution in [0.3, 0.4) is 0 Å². The molecule has 1 aromatic heterocycles. The first-order chi connectivity index (χ1) is 7.36. The summed E-state index contributed by atoms with van der Waals surface area (Å²) >= 11 is 0. The predicted molar refractivity (Wildman–Crippen MR) is 57.5 cm³/mol. The first-order valence-electron chi connectivity index (χ1n) is 5.28. The van der Waals surface area contributed by atoms with Crippen molar-refractivity contribution in [2.24, 2.45) is 0 Å². The van der Waals surface area contributed by atoms with E-state index in [0.717, 1.165) is 26.1 Å². The average molecular weight is 213 g/mol. The molecule has 1 aromatic rings. The normalized spacial score (nSPS) is 11.1. The van der Waals surface area contributed by atoms with Gasteiger partial charge in [0.05, 0.1) is 13.2 Å². The predicted octanol–water partition coefficient (Wildman–Crippen LogP) is -0.440. The highest BCUT2D eigenvalue weighted by Crippen LogP contribution is 1.93. The van der Waals surface area contributed by atoms with Crippen LogP contribution in [0.25, 0.3) is 0 Å². The van der Waals surface area contributed by atoms with E-state index < -0.39 is 0 Å². The highest BCUT2D eigenvalue weighted by atomic mass is 16.3. The lowest BCUT2D eigenvalue weighted by Crippen LogP contribution is -2.31. The molecule has 0 radical (unpaired) electrons. The number of hydrogen-bond acceptors (Lipinski definition) is 4. The molecule has 0 spiro atoms. The van der Waals surface area contributed by atoms with E-state index in [1.807, 2.05) is 16.9 Å². The lowest BCUT2D eigenvalue weighted by molar-refractivity contribution is 0.174. The second kappa shape index (κ2) is 7.39. The van der Waals surface area contributed by atoms with Crippen LogP contribution in [-0.2, 0) is 6.54 Å². The Morgan fingerprint density at radius 3 is 2.60 bits per heavy atom. The van der Waals surface area contributed by atoms with Crippen LogP contribution in [0.4, 0.5) is 0 Å². The van der Waals surface area contributed by atoms with Crippen LogP contribution in [-0.4, -0.2) is 57.7 Å². The van der Waals surface area contributed by atoms with Gasteiger partial charge in [0.2, 0.25) is 0 Å². The molecule has 0 bridgehead atoms. The fourth-order valence-corrected chi connectivity index (χ4v) is 1.45. The van der Waals surface area contributed by atoms with Gasteiger partial charge in [-0.05, 0) is 12.5 Å². The van der Waals surface area contributed by atoms with Crippen molar-refractivity contribution >= 4 is 0 Å². The van der Waals surface area contributed by atoms with Gasteiger partial charge in [0.15, 0.2) is 0 Å². The Balaban J connectivity index is 2.24. The van der Waals surface area contributed by atoms with Crippen LogP contribution in [0.15, 0.2) is 18.5 Å². The second-order valence-corrected chi connectivity index (χ2v) is 3.41. The third-order valence-electron chi connectivity index (χ3n) is 2.25. The van der Waals surface area contributed by atoms with E-state index in [-0.39, 0.29) is 13.2 Å². The largest absolute Gasteiger partial charge is 0.396 e. The molecule has 0 saturated carbocycles. The van der Waals surface area contributed by atoms with Gasteiger partial charge in [-0.2, -0.15) is 5.10 Å². The molecule has 0 amide bonds. The zero-order valence-corrected chi connectivity index (χ0v) is 8.92. The maximum Gasteiger partial charge on any atom is 0.0558 e. The molecule has 0 atom stereocenters. The van der Waals surface area contributed by atoms with E-state index in [9.17, 15) is 0 Å². The van der Waals surface area contributed by atoms with E-state index in [2.05, 4.69) is 10.00 Å². The SMILES string of the molecule is OCCCN(CCO)CCn1cccn1. The van der Waals surface area contributed by atoms with Gasteiger partial charge >= 0.3 is 0 Å². The summed E-state index contributed by atoms with van der Waals surface area (Å²) in [5.74, 6) is 0. The molecule has 1 heterocycles. The minimum atomic E-state index is 0.157. The van der Waals surface area contributed by atoms with Crippen molar-refractivity contribution in [2.75, 3.05) is 32.8 Å². The number of aromatic nitrogens is 2. The molecule has 0 unspecified atom stereocenters. The van der Waals surface area contributed by atoms with E-state index in [4.69, 9.17) is 10.2 Å². The third kappa shape index (κ3) is 4.92. The highest BCUT2D eigenvalue weighted by molar-refractivity contribution is 4.77. The summed E-state index contributed by atoms with van der Waals surface area (Å²) in [4.78, 5) is 2.12. The van der Waals surface area contributed by atoms with Gasteiger partial charge in [-0.15, -0.1) is 0 Å². The molecule has 5 heteroatoms. The summed E-state index contributed by atoms with van der Waals surface area (Å²) in [6, 6.07) is 1.89. The topological polar surface area (TPSA) is 61.5 Å². The van der Waals surface area contributed by atoms with Gasteiger partial charge in [-0.3, -0.25) is 9.58 Å². The number of aliphatic hydroxyl groups is 2. The first kappa shape index (κ1) is 12.2. The maximum absolute atomic E-state index is 8.87.